The Kier molecular flexibility index (Phi) is 13.7. The van der Waals surface area contributed by atoms with Crippen molar-refractivity contribution < 1.29 is 0 Å². The first-order chi connectivity index (χ1) is 55.0. The number of imidazole rings is 2. The lowest BCUT2D eigenvalue weighted by atomic mass is 9.52. The van der Waals surface area contributed by atoms with Gasteiger partial charge in [-0.05, 0) is 184 Å². The summed E-state index contributed by atoms with van der Waals surface area (Å²) in [5, 5.41) is 0. The van der Waals surface area contributed by atoms with Crippen LogP contribution in [0.15, 0.2) is 376 Å². The number of hydrogen-bond acceptors (Lipinski definition) is 4. The van der Waals surface area contributed by atoms with E-state index in [2.05, 4.69) is 409 Å². The molecule has 6 nitrogen and oxygen atoms in total. The Labute approximate surface area is 645 Å². The van der Waals surface area contributed by atoms with Crippen LogP contribution in [0.2, 0.25) is 0 Å². The molecule has 6 heteroatoms. The van der Waals surface area contributed by atoms with E-state index in [-0.39, 0.29) is 0 Å². The zero-order chi connectivity index (χ0) is 73.3. The highest BCUT2D eigenvalue weighted by Gasteiger charge is 2.59. The fourth-order valence-corrected chi connectivity index (χ4v) is 21.0. The van der Waals surface area contributed by atoms with Crippen LogP contribution in [0.5, 0.6) is 0 Å². The summed E-state index contributed by atoms with van der Waals surface area (Å²) in [6.07, 6.45) is 1.65. The number of hydrogen-bond donors (Lipinski definition) is 0. The Morgan fingerprint density at radius 2 is 0.523 bits per heavy atom. The van der Waals surface area contributed by atoms with Gasteiger partial charge in [-0.15, -0.1) is 0 Å². The van der Waals surface area contributed by atoms with Gasteiger partial charge in [0.05, 0.1) is 72.4 Å². The quantitative estimate of drug-likeness (QED) is 0.152. The van der Waals surface area contributed by atoms with Crippen molar-refractivity contribution >= 4 is 56.2 Å². The molecule has 0 radical (unpaired) electrons. The van der Waals surface area contributed by atoms with E-state index in [4.69, 9.17) is 9.97 Å². The molecule has 0 saturated heterocycles. The van der Waals surface area contributed by atoms with Crippen molar-refractivity contribution in [1.82, 2.24) is 19.1 Å². The molecule has 6 aliphatic rings. The molecule has 0 N–H and O–H groups in total. The second-order valence-electron chi connectivity index (χ2n) is 30.2. The third kappa shape index (κ3) is 8.40. The molecule has 2 aromatic heterocycles. The van der Waals surface area contributed by atoms with Crippen molar-refractivity contribution in [3.63, 3.8) is 0 Å². The molecule has 111 heavy (non-hydrogen) atoms. The Morgan fingerprint density at radius 1 is 0.234 bits per heavy atom. The molecule has 18 aromatic rings. The molecule has 0 saturated carbocycles. The maximum Gasteiger partial charge on any atom is 0.114 e. The molecule has 16 aromatic carbocycles. The summed E-state index contributed by atoms with van der Waals surface area (Å²) in [5.74, 6) is 2.14. The summed E-state index contributed by atoms with van der Waals surface area (Å²) in [5.41, 5.74) is 40.5. The van der Waals surface area contributed by atoms with E-state index in [1.54, 1.807) is 0 Å². The summed E-state index contributed by atoms with van der Waals surface area (Å²) in [4.78, 5) is 15.3. The highest BCUT2D eigenvalue weighted by atomic mass is 15.3. The van der Waals surface area contributed by atoms with Crippen LogP contribution in [0.3, 0.4) is 0 Å². The van der Waals surface area contributed by atoms with Crippen molar-refractivity contribution in [2.24, 2.45) is 0 Å². The Hall–Kier alpha value is -13.9. The van der Waals surface area contributed by atoms with Crippen LogP contribution in [-0.4, -0.2) is 19.1 Å². The van der Waals surface area contributed by atoms with Crippen molar-refractivity contribution in [2.45, 2.75) is 42.9 Å². The molecular weight excluding hydrogens is 1350 g/mol. The molecule has 4 aliphatic carbocycles. The smallest absolute Gasteiger partial charge is 0.114 e. The highest BCUT2D eigenvalue weighted by Crippen LogP contribution is 2.68. The van der Waals surface area contributed by atoms with Crippen LogP contribution >= 0.6 is 0 Å². The average Bonchev–Trinajstić information content (AvgIpc) is 1.52. The molecule has 2 aliphatic heterocycles. The highest BCUT2D eigenvalue weighted by molar-refractivity contribution is 6.07. The number of aryl methyl sites for hydroxylation is 2. The lowest BCUT2D eigenvalue weighted by Gasteiger charge is -2.48. The van der Waals surface area contributed by atoms with Crippen LogP contribution in [0, 0.1) is 0 Å². The van der Waals surface area contributed by atoms with E-state index < -0.39 is 16.2 Å². The largest absolute Gasteiger partial charge is 0.306 e. The first-order valence-corrected chi connectivity index (χ1v) is 39.0. The van der Waals surface area contributed by atoms with Gasteiger partial charge in [0.1, 0.15) is 11.6 Å². The number of rotatable bonds is 8. The lowest BCUT2D eigenvalue weighted by molar-refractivity contribution is 0.633. The molecular formula is C105H72N6. The van der Waals surface area contributed by atoms with E-state index in [0.717, 1.165) is 80.7 Å². The molecule has 0 fully saturated rings. The predicted molar refractivity (Wildman–Crippen MR) is 454 cm³/mol. The zero-order valence-corrected chi connectivity index (χ0v) is 61.4. The fraction of sp³-hybridized carbons (Fsp3) is 0.0667. The molecule has 0 bridgehead atoms. The van der Waals surface area contributed by atoms with E-state index in [0.29, 0.717) is 0 Å². The average molecular weight is 1420 g/mol. The number of anilines is 6. The van der Waals surface area contributed by atoms with Gasteiger partial charge < -0.3 is 9.80 Å². The maximum absolute atomic E-state index is 5.27. The molecule has 0 amide bonds. The first kappa shape index (κ1) is 63.2. The van der Waals surface area contributed by atoms with Crippen LogP contribution in [-0.2, 0) is 29.1 Å². The standard InChI is InChI=1S/C59H39N3.C46H33N3/c1-2-55-60-52-31-17-33-54-57(52)62(55)56-39(23-16-32-53(56)61(54)38-18-4-3-5-19-38)37-34-35-43-42-22-8-11-26-46(42)59(51(43)36-37)49-29-14-12-27-47(49)58(48-28-13-15-30-50(48)59)44-24-9-6-20-40(44)41-21-7-10-25-45(41)58;1-2-43-47-40-25-15-27-42-45(40)49(43)44-35(23-14-26-41(44)48(42)34-20-10-5-11-21-34)31-28-29-37-36-22-12-13-24-38(36)46(39(37)30-31,32-16-6-3-7-17-32)33-18-8-4-9-19-33/h3-36H,2H2,1H3;3-30H,2H2,1H3. The number of benzene rings is 16. The normalized spacial score (nSPS) is 14.3. The van der Waals surface area contributed by atoms with Gasteiger partial charge in [-0.2, -0.15) is 0 Å². The lowest BCUT2D eigenvalue weighted by Crippen LogP contribution is -2.43. The van der Waals surface area contributed by atoms with Gasteiger partial charge in [-0.25, -0.2) is 9.97 Å². The van der Waals surface area contributed by atoms with Crippen LogP contribution in [0.1, 0.15) is 92.3 Å². The van der Waals surface area contributed by atoms with Gasteiger partial charge >= 0.3 is 0 Å². The summed E-state index contributed by atoms with van der Waals surface area (Å²) in [6, 6.07) is 140. The topological polar surface area (TPSA) is 42.1 Å². The minimum absolute atomic E-state index is 0.460. The summed E-state index contributed by atoms with van der Waals surface area (Å²) >= 11 is 0. The van der Waals surface area contributed by atoms with Crippen molar-refractivity contribution in [2.75, 3.05) is 9.80 Å². The monoisotopic (exact) mass is 1420 g/mol. The van der Waals surface area contributed by atoms with Gasteiger partial charge in [0.25, 0.3) is 0 Å². The minimum Gasteiger partial charge on any atom is -0.306 e. The van der Waals surface area contributed by atoms with Gasteiger partial charge in [0.15, 0.2) is 0 Å². The van der Waals surface area contributed by atoms with Crippen molar-refractivity contribution in [3.8, 4) is 67.0 Å². The predicted octanol–water partition coefficient (Wildman–Crippen LogP) is 25.5. The van der Waals surface area contributed by atoms with Crippen LogP contribution in [0.25, 0.3) is 89.1 Å². The van der Waals surface area contributed by atoms with Gasteiger partial charge in [0.2, 0.25) is 0 Å². The van der Waals surface area contributed by atoms with Crippen molar-refractivity contribution in [3.05, 3.63) is 455 Å². The summed E-state index contributed by atoms with van der Waals surface area (Å²) in [7, 11) is 0. The van der Waals surface area contributed by atoms with Gasteiger partial charge in [0, 0.05) is 35.3 Å². The second-order valence-corrected chi connectivity index (χ2v) is 30.2. The van der Waals surface area contributed by atoms with E-state index in [1.165, 1.54) is 134 Å². The Morgan fingerprint density at radius 3 is 0.901 bits per heavy atom. The number of nitrogens with zero attached hydrogens (tertiary/aromatic N) is 6. The third-order valence-corrected chi connectivity index (χ3v) is 25.1. The third-order valence-electron chi connectivity index (χ3n) is 25.1. The van der Waals surface area contributed by atoms with Gasteiger partial charge in [-0.3, -0.25) is 9.13 Å². The molecule has 522 valence electrons. The van der Waals surface area contributed by atoms with Crippen molar-refractivity contribution in [1.29, 1.82) is 0 Å². The minimum atomic E-state index is -0.568. The molecule has 24 rings (SSSR count). The SMILES string of the molecule is CCc1nc2cccc3c2n1-c1c(-c2ccc4c(c2)C(c2ccccc2)(c2ccccc2)c2ccccc2-4)cccc1N3c1ccccc1.CCc1nc2cccc3c2n1-c1c(-c2ccc4c(c2)C2(c5ccccc5-4)c4ccccc4C4(c5ccccc5-c5ccccc54)c4ccccc42)cccc1N3c1ccccc1. The van der Waals surface area contributed by atoms with E-state index in [9.17, 15) is 0 Å². The number of fused-ring (bicyclic) bond motifs is 23. The fourth-order valence-electron chi connectivity index (χ4n) is 21.0. The number of aromatic nitrogens is 4. The molecule has 0 atom stereocenters. The maximum atomic E-state index is 5.27. The van der Waals surface area contributed by atoms with E-state index >= 15 is 0 Å². The number of para-hydroxylation sites is 6. The van der Waals surface area contributed by atoms with E-state index in [1.807, 2.05) is 0 Å². The van der Waals surface area contributed by atoms with Gasteiger partial charge in [-0.1, -0.05) is 317 Å². The summed E-state index contributed by atoms with van der Waals surface area (Å²) < 4.78 is 4.88. The van der Waals surface area contributed by atoms with Crippen LogP contribution in [0.4, 0.5) is 34.1 Å². The Balaban J connectivity index is 0.000000137. The second kappa shape index (κ2) is 24.0. The molecule has 2 spiro atoms. The summed E-state index contributed by atoms with van der Waals surface area (Å²) in [6.45, 7) is 4.43. The van der Waals surface area contributed by atoms with Crippen LogP contribution < -0.4 is 9.80 Å². The molecule has 4 heterocycles. The first-order valence-electron chi connectivity index (χ1n) is 39.0. The Bertz CT molecular complexity index is 6750. The molecule has 0 unspecified atom stereocenters. The zero-order valence-electron chi connectivity index (χ0n) is 61.4.